The van der Waals surface area contributed by atoms with Crippen LogP contribution in [0.2, 0.25) is 0 Å². The first kappa shape index (κ1) is 19.2. The molecule has 0 aromatic heterocycles. The fraction of sp³-hybridized carbons (Fsp3) is 0.238. The van der Waals surface area contributed by atoms with Gasteiger partial charge in [-0.25, -0.2) is 0 Å². The van der Waals surface area contributed by atoms with Gasteiger partial charge in [0, 0.05) is 25.2 Å². The highest BCUT2D eigenvalue weighted by molar-refractivity contribution is 6.07. The fourth-order valence-corrected chi connectivity index (χ4v) is 2.18. The summed E-state index contributed by atoms with van der Waals surface area (Å²) in [5.41, 5.74) is 1.33. The molecule has 0 fully saturated rings. The molecule has 0 radical (unpaired) electrons. The number of likely N-dealkylation sites (N-methyl/N-ethyl adjacent to an activating group) is 1. The third kappa shape index (κ3) is 5.48. The molecule has 0 spiro atoms. The van der Waals surface area contributed by atoms with Crippen LogP contribution < -0.4 is 9.47 Å². The topological polar surface area (TPSA) is 55.8 Å². The molecule has 0 bridgehead atoms. The SMILES string of the molecule is CCOc1ccccc1/C=C/C(=O)c1cccc(OCC(=O)N(C)C)c1. The molecule has 0 aliphatic carbocycles. The van der Waals surface area contributed by atoms with Gasteiger partial charge in [-0.05, 0) is 37.3 Å². The number of hydrogen-bond donors (Lipinski definition) is 0. The molecule has 136 valence electrons. The maximum atomic E-state index is 12.4. The number of ketones is 1. The summed E-state index contributed by atoms with van der Waals surface area (Å²) in [6, 6.07) is 14.3. The lowest BCUT2D eigenvalue weighted by Crippen LogP contribution is -2.27. The molecule has 2 aromatic carbocycles. The normalized spacial score (nSPS) is 10.6. The van der Waals surface area contributed by atoms with E-state index in [1.165, 1.54) is 11.0 Å². The van der Waals surface area contributed by atoms with Crippen molar-refractivity contribution in [2.75, 3.05) is 27.3 Å². The lowest BCUT2D eigenvalue weighted by Gasteiger charge is -2.11. The lowest BCUT2D eigenvalue weighted by atomic mass is 10.1. The Labute approximate surface area is 153 Å². The van der Waals surface area contributed by atoms with Gasteiger partial charge < -0.3 is 14.4 Å². The first-order valence-electron chi connectivity index (χ1n) is 8.38. The highest BCUT2D eigenvalue weighted by Gasteiger charge is 2.08. The molecule has 1 amide bonds. The summed E-state index contributed by atoms with van der Waals surface area (Å²) in [5.74, 6) is 0.919. The van der Waals surface area contributed by atoms with Gasteiger partial charge in [0.2, 0.25) is 0 Å². The minimum atomic E-state index is -0.152. The van der Waals surface area contributed by atoms with Crippen molar-refractivity contribution in [2.45, 2.75) is 6.92 Å². The van der Waals surface area contributed by atoms with Gasteiger partial charge in [0.15, 0.2) is 12.4 Å². The van der Waals surface area contributed by atoms with Crippen LogP contribution in [0.15, 0.2) is 54.6 Å². The monoisotopic (exact) mass is 353 g/mol. The molecule has 0 heterocycles. The molecule has 0 aliphatic rings. The zero-order valence-corrected chi connectivity index (χ0v) is 15.3. The van der Waals surface area contributed by atoms with E-state index in [1.807, 2.05) is 31.2 Å². The Balaban J connectivity index is 2.08. The summed E-state index contributed by atoms with van der Waals surface area (Å²) in [7, 11) is 3.33. The molecule has 0 unspecified atom stereocenters. The summed E-state index contributed by atoms with van der Waals surface area (Å²) in [4.78, 5) is 25.5. The number of benzene rings is 2. The Morgan fingerprint density at radius 2 is 1.81 bits per heavy atom. The van der Waals surface area contributed by atoms with Gasteiger partial charge >= 0.3 is 0 Å². The molecule has 0 atom stereocenters. The number of para-hydroxylation sites is 1. The van der Waals surface area contributed by atoms with Crippen molar-refractivity contribution < 1.29 is 19.1 Å². The number of nitrogens with zero attached hydrogens (tertiary/aromatic N) is 1. The van der Waals surface area contributed by atoms with E-state index in [0.29, 0.717) is 17.9 Å². The van der Waals surface area contributed by atoms with Crippen molar-refractivity contribution in [3.8, 4) is 11.5 Å². The highest BCUT2D eigenvalue weighted by Crippen LogP contribution is 2.20. The predicted molar refractivity (Wildman–Crippen MR) is 102 cm³/mol. The van der Waals surface area contributed by atoms with Crippen LogP contribution in [-0.2, 0) is 4.79 Å². The average molecular weight is 353 g/mol. The number of rotatable bonds is 8. The fourth-order valence-electron chi connectivity index (χ4n) is 2.18. The summed E-state index contributed by atoms with van der Waals surface area (Å²) < 4.78 is 11.0. The molecular formula is C21H23NO4. The van der Waals surface area contributed by atoms with E-state index in [2.05, 4.69) is 0 Å². The van der Waals surface area contributed by atoms with Crippen molar-refractivity contribution in [2.24, 2.45) is 0 Å². The molecule has 5 heteroatoms. The lowest BCUT2D eigenvalue weighted by molar-refractivity contribution is -0.130. The van der Waals surface area contributed by atoms with E-state index in [1.54, 1.807) is 44.4 Å². The van der Waals surface area contributed by atoms with Crippen molar-refractivity contribution in [1.29, 1.82) is 0 Å². The molecule has 26 heavy (non-hydrogen) atoms. The van der Waals surface area contributed by atoms with Gasteiger partial charge in [0.25, 0.3) is 5.91 Å². The Morgan fingerprint density at radius 3 is 2.54 bits per heavy atom. The number of ether oxygens (including phenoxy) is 2. The third-order valence-corrected chi connectivity index (χ3v) is 3.61. The Bertz CT molecular complexity index is 796. The van der Waals surface area contributed by atoms with E-state index >= 15 is 0 Å². The molecule has 0 saturated carbocycles. The van der Waals surface area contributed by atoms with Gasteiger partial charge in [0.05, 0.1) is 6.61 Å². The highest BCUT2D eigenvalue weighted by atomic mass is 16.5. The van der Waals surface area contributed by atoms with Crippen molar-refractivity contribution in [3.63, 3.8) is 0 Å². The smallest absolute Gasteiger partial charge is 0.259 e. The van der Waals surface area contributed by atoms with Crippen LogP contribution in [0, 0.1) is 0 Å². The van der Waals surface area contributed by atoms with Crippen molar-refractivity contribution in [1.82, 2.24) is 4.90 Å². The van der Waals surface area contributed by atoms with Gasteiger partial charge in [-0.15, -0.1) is 0 Å². The summed E-state index contributed by atoms with van der Waals surface area (Å²) >= 11 is 0. The second-order valence-electron chi connectivity index (χ2n) is 5.77. The van der Waals surface area contributed by atoms with Crippen LogP contribution in [0.4, 0.5) is 0 Å². The number of hydrogen-bond acceptors (Lipinski definition) is 4. The van der Waals surface area contributed by atoms with E-state index in [0.717, 1.165) is 11.3 Å². The van der Waals surface area contributed by atoms with Gasteiger partial charge in [-0.3, -0.25) is 9.59 Å². The van der Waals surface area contributed by atoms with E-state index in [4.69, 9.17) is 9.47 Å². The zero-order chi connectivity index (χ0) is 18.9. The van der Waals surface area contributed by atoms with Gasteiger partial charge in [-0.1, -0.05) is 30.3 Å². The van der Waals surface area contributed by atoms with Crippen molar-refractivity contribution >= 4 is 17.8 Å². The number of amides is 1. The number of allylic oxidation sites excluding steroid dienone is 1. The van der Waals surface area contributed by atoms with Crippen LogP contribution in [0.5, 0.6) is 11.5 Å². The van der Waals surface area contributed by atoms with Crippen LogP contribution in [0.25, 0.3) is 6.08 Å². The second-order valence-corrected chi connectivity index (χ2v) is 5.77. The maximum Gasteiger partial charge on any atom is 0.259 e. The second kappa shape index (κ2) is 9.42. The molecule has 0 saturated heterocycles. The summed E-state index contributed by atoms with van der Waals surface area (Å²) in [6.07, 6.45) is 3.23. The largest absolute Gasteiger partial charge is 0.493 e. The minimum Gasteiger partial charge on any atom is -0.493 e. The zero-order valence-electron chi connectivity index (χ0n) is 15.3. The molecule has 0 N–H and O–H groups in total. The van der Waals surface area contributed by atoms with E-state index < -0.39 is 0 Å². The van der Waals surface area contributed by atoms with Gasteiger partial charge in [-0.2, -0.15) is 0 Å². The quantitative estimate of drug-likeness (QED) is 0.539. The minimum absolute atomic E-state index is 0.0672. The Hall–Kier alpha value is -3.08. The molecular weight excluding hydrogens is 330 g/mol. The molecule has 5 nitrogen and oxygen atoms in total. The number of carbonyl (C=O) groups is 2. The third-order valence-electron chi connectivity index (χ3n) is 3.61. The maximum absolute atomic E-state index is 12.4. The molecule has 0 aliphatic heterocycles. The number of carbonyl (C=O) groups excluding carboxylic acids is 2. The van der Waals surface area contributed by atoms with Crippen LogP contribution in [0.1, 0.15) is 22.8 Å². The molecule has 2 rings (SSSR count). The predicted octanol–water partition coefficient (Wildman–Crippen LogP) is 3.45. The van der Waals surface area contributed by atoms with Crippen LogP contribution in [-0.4, -0.2) is 43.9 Å². The standard InChI is InChI=1S/C21H23NO4/c1-4-25-20-11-6-5-8-16(20)12-13-19(23)17-9-7-10-18(14-17)26-15-21(24)22(2)3/h5-14H,4,15H2,1-3H3/b13-12+. The van der Waals surface area contributed by atoms with Crippen LogP contribution in [0.3, 0.4) is 0 Å². The van der Waals surface area contributed by atoms with Gasteiger partial charge in [0.1, 0.15) is 11.5 Å². The Kier molecular flexibility index (Phi) is 6.97. The average Bonchev–Trinajstić information content (AvgIpc) is 2.65. The van der Waals surface area contributed by atoms with Crippen molar-refractivity contribution in [3.05, 3.63) is 65.7 Å². The summed E-state index contributed by atoms with van der Waals surface area (Å²) in [6.45, 7) is 2.41. The van der Waals surface area contributed by atoms with E-state index in [-0.39, 0.29) is 18.3 Å². The first-order chi connectivity index (χ1) is 12.5. The summed E-state index contributed by atoms with van der Waals surface area (Å²) in [5, 5.41) is 0. The first-order valence-corrected chi connectivity index (χ1v) is 8.38. The van der Waals surface area contributed by atoms with Crippen LogP contribution >= 0.6 is 0 Å². The molecule has 2 aromatic rings. The Morgan fingerprint density at radius 1 is 1.04 bits per heavy atom. The van der Waals surface area contributed by atoms with E-state index in [9.17, 15) is 9.59 Å².